The SMILES string of the molecule is COC(=O)C[C@](C)(NC(=O)c1cc(Cl)nc(N(C)C)c1)c1ccccn1. The summed E-state index contributed by atoms with van der Waals surface area (Å²) < 4.78 is 4.77. The Bertz CT molecular complexity index is 798. The molecule has 0 aliphatic heterocycles. The molecule has 7 nitrogen and oxygen atoms in total. The quantitative estimate of drug-likeness (QED) is 0.615. The predicted molar refractivity (Wildman–Crippen MR) is 99.3 cm³/mol. The number of pyridine rings is 2. The third kappa shape index (κ3) is 4.70. The lowest BCUT2D eigenvalue weighted by Crippen LogP contribution is -2.45. The molecule has 0 spiro atoms. The van der Waals surface area contributed by atoms with Crippen molar-refractivity contribution in [2.45, 2.75) is 18.9 Å². The monoisotopic (exact) mass is 376 g/mol. The molecule has 2 aromatic heterocycles. The first-order valence-corrected chi connectivity index (χ1v) is 8.29. The minimum atomic E-state index is -1.04. The van der Waals surface area contributed by atoms with Crippen LogP contribution in [-0.2, 0) is 15.1 Å². The Hall–Kier alpha value is -2.67. The van der Waals surface area contributed by atoms with E-state index in [-0.39, 0.29) is 11.6 Å². The van der Waals surface area contributed by atoms with Gasteiger partial charge in [-0.05, 0) is 31.2 Å². The fraction of sp³-hybridized carbons (Fsp3) is 0.333. The van der Waals surface area contributed by atoms with Crippen LogP contribution < -0.4 is 10.2 Å². The zero-order valence-electron chi connectivity index (χ0n) is 15.1. The lowest BCUT2D eigenvalue weighted by molar-refractivity contribution is -0.142. The van der Waals surface area contributed by atoms with Crippen molar-refractivity contribution in [2.24, 2.45) is 0 Å². The fourth-order valence-electron chi connectivity index (χ4n) is 2.41. The Kier molecular flexibility index (Phi) is 6.15. The molecule has 0 fully saturated rings. The summed E-state index contributed by atoms with van der Waals surface area (Å²) >= 11 is 6.03. The van der Waals surface area contributed by atoms with Crippen molar-refractivity contribution in [2.75, 3.05) is 26.1 Å². The highest BCUT2D eigenvalue weighted by atomic mass is 35.5. The molecule has 0 aromatic carbocycles. The van der Waals surface area contributed by atoms with Crippen LogP contribution in [0.1, 0.15) is 29.4 Å². The van der Waals surface area contributed by atoms with Gasteiger partial charge in [-0.3, -0.25) is 14.6 Å². The first kappa shape index (κ1) is 19.7. The van der Waals surface area contributed by atoms with Crippen molar-refractivity contribution in [3.05, 3.63) is 52.9 Å². The summed E-state index contributed by atoms with van der Waals surface area (Å²) in [5.41, 5.74) is -0.160. The summed E-state index contributed by atoms with van der Waals surface area (Å²) in [6.07, 6.45) is 1.54. The number of halogens is 1. The molecule has 138 valence electrons. The number of carbonyl (C=O) groups excluding carboxylic acids is 2. The van der Waals surface area contributed by atoms with Crippen LogP contribution in [0.4, 0.5) is 5.82 Å². The summed E-state index contributed by atoms with van der Waals surface area (Å²) in [6, 6.07) is 8.39. The lowest BCUT2D eigenvalue weighted by atomic mass is 9.92. The molecule has 0 radical (unpaired) electrons. The van der Waals surface area contributed by atoms with E-state index in [0.717, 1.165) is 0 Å². The molecule has 8 heteroatoms. The number of hydrogen-bond donors (Lipinski definition) is 1. The van der Waals surface area contributed by atoms with Gasteiger partial charge >= 0.3 is 5.97 Å². The van der Waals surface area contributed by atoms with Gasteiger partial charge < -0.3 is 15.0 Å². The Morgan fingerprint density at radius 2 is 2.04 bits per heavy atom. The second kappa shape index (κ2) is 8.14. The molecule has 0 saturated heterocycles. The van der Waals surface area contributed by atoms with Crippen LogP contribution in [0.25, 0.3) is 0 Å². The molecule has 2 rings (SSSR count). The molecular weight excluding hydrogens is 356 g/mol. The fourth-order valence-corrected chi connectivity index (χ4v) is 2.62. The predicted octanol–water partition coefficient (Wildman–Crippen LogP) is 2.40. The molecule has 1 N–H and O–H groups in total. The van der Waals surface area contributed by atoms with Gasteiger partial charge in [0.25, 0.3) is 5.91 Å². The topological polar surface area (TPSA) is 84.4 Å². The number of carbonyl (C=O) groups is 2. The van der Waals surface area contributed by atoms with E-state index in [0.29, 0.717) is 17.1 Å². The van der Waals surface area contributed by atoms with Crippen LogP contribution in [0.15, 0.2) is 36.5 Å². The summed E-state index contributed by atoms with van der Waals surface area (Å²) in [5, 5.41) is 3.08. The number of rotatable bonds is 6. The van der Waals surface area contributed by atoms with Crippen molar-refractivity contribution >= 4 is 29.3 Å². The Balaban J connectivity index is 2.36. The number of hydrogen-bond acceptors (Lipinski definition) is 6. The lowest BCUT2D eigenvalue weighted by Gasteiger charge is -2.29. The van der Waals surface area contributed by atoms with E-state index in [1.165, 1.54) is 13.2 Å². The molecule has 0 bridgehead atoms. The highest BCUT2D eigenvalue weighted by Gasteiger charge is 2.33. The summed E-state index contributed by atoms with van der Waals surface area (Å²) in [4.78, 5) is 34.9. The van der Waals surface area contributed by atoms with Crippen molar-refractivity contribution in [1.82, 2.24) is 15.3 Å². The first-order chi connectivity index (χ1) is 12.2. The van der Waals surface area contributed by atoms with Gasteiger partial charge in [0.2, 0.25) is 0 Å². The van der Waals surface area contributed by atoms with Gasteiger partial charge in [0.1, 0.15) is 11.0 Å². The highest BCUT2D eigenvalue weighted by Crippen LogP contribution is 2.25. The minimum absolute atomic E-state index is 0.0639. The van der Waals surface area contributed by atoms with Gasteiger partial charge in [-0.2, -0.15) is 0 Å². The zero-order valence-corrected chi connectivity index (χ0v) is 15.9. The first-order valence-electron chi connectivity index (χ1n) is 7.91. The molecule has 1 amide bonds. The Labute approximate surface area is 157 Å². The van der Waals surface area contributed by atoms with Crippen molar-refractivity contribution in [3.8, 4) is 0 Å². The standard InChI is InChI=1S/C18H21ClN4O3/c1-18(11-16(24)26-4,13-7-5-6-8-20-13)22-17(25)12-9-14(19)21-15(10-12)23(2)3/h5-10H,11H2,1-4H3,(H,22,25)/t18-/m0/s1. The second-order valence-electron chi connectivity index (χ2n) is 6.19. The largest absolute Gasteiger partial charge is 0.469 e. The van der Waals surface area contributed by atoms with Crippen molar-refractivity contribution in [1.29, 1.82) is 0 Å². The Morgan fingerprint density at radius 3 is 2.62 bits per heavy atom. The smallest absolute Gasteiger partial charge is 0.308 e. The summed E-state index contributed by atoms with van der Waals surface area (Å²) in [7, 11) is 4.90. The van der Waals surface area contributed by atoms with E-state index in [1.54, 1.807) is 56.4 Å². The van der Waals surface area contributed by atoms with Gasteiger partial charge in [0.05, 0.1) is 24.8 Å². The van der Waals surface area contributed by atoms with Crippen LogP contribution >= 0.6 is 11.6 Å². The Morgan fingerprint density at radius 1 is 1.31 bits per heavy atom. The third-order valence-electron chi connectivity index (χ3n) is 3.85. The van der Waals surface area contributed by atoms with E-state index in [2.05, 4.69) is 15.3 Å². The summed E-state index contributed by atoms with van der Waals surface area (Å²) in [6.45, 7) is 1.72. The van der Waals surface area contributed by atoms with E-state index >= 15 is 0 Å². The number of methoxy groups -OCH3 is 1. The van der Waals surface area contributed by atoms with Crippen molar-refractivity contribution in [3.63, 3.8) is 0 Å². The number of aromatic nitrogens is 2. The molecule has 2 heterocycles. The number of esters is 1. The maximum Gasteiger partial charge on any atom is 0.308 e. The molecule has 0 aliphatic rings. The maximum atomic E-state index is 12.8. The average molecular weight is 377 g/mol. The number of amides is 1. The van der Waals surface area contributed by atoms with Gasteiger partial charge in [-0.25, -0.2) is 4.98 Å². The van der Waals surface area contributed by atoms with E-state index < -0.39 is 17.4 Å². The van der Waals surface area contributed by atoms with E-state index in [9.17, 15) is 9.59 Å². The normalized spacial score (nSPS) is 12.8. The second-order valence-corrected chi connectivity index (χ2v) is 6.57. The molecular formula is C18H21ClN4O3. The van der Waals surface area contributed by atoms with Crippen LogP contribution in [0.3, 0.4) is 0 Å². The van der Waals surface area contributed by atoms with Crippen LogP contribution in [-0.4, -0.2) is 43.0 Å². The number of nitrogens with zero attached hydrogens (tertiary/aromatic N) is 3. The van der Waals surface area contributed by atoms with E-state index in [4.69, 9.17) is 16.3 Å². The van der Waals surface area contributed by atoms with Crippen LogP contribution in [0, 0.1) is 0 Å². The number of anilines is 1. The minimum Gasteiger partial charge on any atom is -0.469 e. The molecule has 0 aliphatic carbocycles. The summed E-state index contributed by atoms with van der Waals surface area (Å²) in [5.74, 6) is -0.301. The van der Waals surface area contributed by atoms with Gasteiger partial charge in [-0.1, -0.05) is 17.7 Å². The average Bonchev–Trinajstić information content (AvgIpc) is 2.61. The highest BCUT2D eigenvalue weighted by molar-refractivity contribution is 6.29. The zero-order chi connectivity index (χ0) is 19.3. The molecule has 26 heavy (non-hydrogen) atoms. The van der Waals surface area contributed by atoms with E-state index in [1.807, 2.05) is 0 Å². The molecule has 2 aromatic rings. The third-order valence-corrected chi connectivity index (χ3v) is 4.04. The van der Waals surface area contributed by atoms with Gasteiger partial charge in [-0.15, -0.1) is 0 Å². The maximum absolute atomic E-state index is 12.8. The number of ether oxygens (including phenoxy) is 1. The van der Waals surface area contributed by atoms with Gasteiger partial charge in [0, 0.05) is 25.9 Å². The number of nitrogens with one attached hydrogen (secondary N) is 1. The molecule has 0 saturated carbocycles. The molecule has 1 atom stereocenters. The van der Waals surface area contributed by atoms with Gasteiger partial charge in [0.15, 0.2) is 0 Å². The van der Waals surface area contributed by atoms with Crippen LogP contribution in [0.5, 0.6) is 0 Å². The van der Waals surface area contributed by atoms with Crippen LogP contribution in [0.2, 0.25) is 5.15 Å². The van der Waals surface area contributed by atoms with Crippen molar-refractivity contribution < 1.29 is 14.3 Å². The molecule has 0 unspecified atom stereocenters.